The van der Waals surface area contributed by atoms with E-state index in [0.29, 0.717) is 6.67 Å². The van der Waals surface area contributed by atoms with E-state index in [4.69, 9.17) is 0 Å². The molecular weight excluding hydrogens is 332 g/mol. The average molecular weight is 358 g/mol. The Morgan fingerprint density at radius 1 is 1.15 bits per heavy atom. The second-order valence-electron chi connectivity index (χ2n) is 7.58. The first-order valence-electron chi connectivity index (χ1n) is 9.48. The molecule has 1 N–H and O–H groups in total. The number of amides is 3. The molecule has 0 aromatic carbocycles. The van der Waals surface area contributed by atoms with Gasteiger partial charge in [0.2, 0.25) is 5.95 Å². The monoisotopic (exact) mass is 358 g/mol. The summed E-state index contributed by atoms with van der Waals surface area (Å²) in [4.78, 5) is 39.8. The maximum absolute atomic E-state index is 13.0. The Labute approximate surface area is 153 Å². The largest absolute Gasteiger partial charge is 0.338 e. The molecule has 1 saturated carbocycles. The Morgan fingerprint density at radius 3 is 2.58 bits per heavy atom. The minimum absolute atomic E-state index is 0.0384. The lowest BCUT2D eigenvalue weighted by atomic mass is 9.73. The summed E-state index contributed by atoms with van der Waals surface area (Å²) in [6.07, 6.45) is 7.37. The van der Waals surface area contributed by atoms with Crippen LogP contribution in [0.1, 0.15) is 32.6 Å². The molecular formula is C18H26N6O2. The minimum atomic E-state index is -0.672. The number of carbonyl (C=O) groups excluding carboxylic acids is 2. The molecule has 2 aliphatic heterocycles. The molecule has 1 aromatic heterocycles. The van der Waals surface area contributed by atoms with Crippen LogP contribution in [0.2, 0.25) is 0 Å². The summed E-state index contributed by atoms with van der Waals surface area (Å²) in [5.41, 5.74) is -0.672. The molecule has 2 saturated heterocycles. The molecule has 0 bridgehead atoms. The van der Waals surface area contributed by atoms with Crippen molar-refractivity contribution in [2.45, 2.75) is 38.1 Å². The average Bonchev–Trinajstić information content (AvgIpc) is 2.90. The van der Waals surface area contributed by atoms with Crippen LogP contribution in [0.25, 0.3) is 0 Å². The van der Waals surface area contributed by atoms with Crippen LogP contribution in [0.4, 0.5) is 10.7 Å². The number of urea groups is 1. The van der Waals surface area contributed by atoms with Gasteiger partial charge in [-0.05, 0) is 24.8 Å². The topological polar surface area (TPSA) is 81.7 Å². The lowest BCUT2D eigenvalue weighted by molar-refractivity contribution is -0.135. The minimum Gasteiger partial charge on any atom is -0.338 e. The van der Waals surface area contributed by atoms with Crippen molar-refractivity contribution in [3.8, 4) is 0 Å². The number of imide groups is 1. The van der Waals surface area contributed by atoms with Crippen molar-refractivity contribution in [1.82, 2.24) is 25.1 Å². The number of hydrogen-bond acceptors (Lipinski definition) is 6. The third-order valence-electron chi connectivity index (χ3n) is 6.05. The Bertz CT molecular complexity index is 676. The highest BCUT2D eigenvalue weighted by molar-refractivity contribution is 6.07. The van der Waals surface area contributed by atoms with Crippen LogP contribution >= 0.6 is 0 Å². The summed E-state index contributed by atoms with van der Waals surface area (Å²) in [6.45, 7) is 5.57. The van der Waals surface area contributed by atoms with Crippen LogP contribution in [0.5, 0.6) is 0 Å². The number of rotatable bonds is 3. The molecule has 1 aromatic rings. The van der Waals surface area contributed by atoms with Crippen LogP contribution in [0, 0.1) is 5.92 Å². The highest BCUT2D eigenvalue weighted by atomic mass is 16.2. The maximum atomic E-state index is 13.0. The van der Waals surface area contributed by atoms with Gasteiger partial charge in [0.1, 0.15) is 5.54 Å². The van der Waals surface area contributed by atoms with Crippen molar-refractivity contribution < 1.29 is 9.59 Å². The first kappa shape index (κ1) is 17.2. The SMILES string of the molecule is C[C@H]1CCCC[C@@]12NC(=O)N(CN1CCN(c3ncccn3)CC1)C2=O. The standard InChI is InChI=1S/C18H26N6O2/c1-14-5-2-3-6-18(14)15(25)24(17(26)21-18)13-22-9-11-23(12-10-22)16-19-7-4-8-20-16/h4,7-8,14H,2-3,5-6,9-13H2,1H3,(H,21,26)/t14-,18+/m0/s1. The molecule has 1 spiro atoms. The zero-order valence-corrected chi connectivity index (χ0v) is 15.2. The lowest BCUT2D eigenvalue weighted by Gasteiger charge is -2.38. The van der Waals surface area contributed by atoms with Crippen LogP contribution in [-0.2, 0) is 4.79 Å². The van der Waals surface area contributed by atoms with Crippen molar-refractivity contribution in [1.29, 1.82) is 0 Å². The van der Waals surface area contributed by atoms with Gasteiger partial charge in [0.15, 0.2) is 0 Å². The molecule has 0 unspecified atom stereocenters. The summed E-state index contributed by atoms with van der Waals surface area (Å²) in [5.74, 6) is 0.894. The molecule has 3 heterocycles. The Balaban J connectivity index is 1.38. The van der Waals surface area contributed by atoms with Gasteiger partial charge in [-0.25, -0.2) is 19.7 Å². The first-order valence-corrected chi connectivity index (χ1v) is 9.48. The van der Waals surface area contributed by atoms with Crippen LogP contribution < -0.4 is 10.2 Å². The van der Waals surface area contributed by atoms with E-state index in [0.717, 1.165) is 57.8 Å². The third kappa shape index (κ3) is 2.92. The molecule has 3 amide bonds. The summed E-state index contributed by atoms with van der Waals surface area (Å²) in [5, 5.41) is 3.02. The fourth-order valence-electron chi connectivity index (χ4n) is 4.37. The van der Waals surface area contributed by atoms with E-state index >= 15 is 0 Å². The molecule has 4 rings (SSSR count). The first-order chi connectivity index (χ1) is 12.6. The highest BCUT2D eigenvalue weighted by Gasteiger charge is 2.55. The Hall–Kier alpha value is -2.22. The Morgan fingerprint density at radius 2 is 1.88 bits per heavy atom. The fraction of sp³-hybridized carbons (Fsp3) is 0.667. The number of nitrogens with one attached hydrogen (secondary N) is 1. The van der Waals surface area contributed by atoms with Gasteiger partial charge in [0, 0.05) is 38.6 Å². The van der Waals surface area contributed by atoms with Gasteiger partial charge in [-0.3, -0.25) is 9.69 Å². The molecule has 3 aliphatic rings. The van der Waals surface area contributed by atoms with Crippen molar-refractivity contribution >= 4 is 17.9 Å². The quantitative estimate of drug-likeness (QED) is 0.814. The van der Waals surface area contributed by atoms with Crippen molar-refractivity contribution in [3.63, 3.8) is 0 Å². The summed E-state index contributed by atoms with van der Waals surface area (Å²) in [7, 11) is 0. The number of nitrogens with zero attached hydrogens (tertiary/aromatic N) is 5. The maximum Gasteiger partial charge on any atom is 0.326 e. The second kappa shape index (κ2) is 6.83. The van der Waals surface area contributed by atoms with E-state index in [1.807, 2.05) is 0 Å². The normalized spacial score (nSPS) is 30.1. The number of piperazine rings is 1. The van der Waals surface area contributed by atoms with Gasteiger partial charge >= 0.3 is 6.03 Å². The predicted octanol–water partition coefficient (Wildman–Crippen LogP) is 1.06. The van der Waals surface area contributed by atoms with E-state index < -0.39 is 5.54 Å². The summed E-state index contributed by atoms with van der Waals surface area (Å²) in [6, 6.07) is 1.57. The van der Waals surface area contributed by atoms with Gasteiger partial charge < -0.3 is 10.2 Å². The number of aromatic nitrogens is 2. The summed E-state index contributed by atoms with van der Waals surface area (Å²) < 4.78 is 0. The molecule has 8 heteroatoms. The predicted molar refractivity (Wildman–Crippen MR) is 96.4 cm³/mol. The number of carbonyl (C=O) groups is 2. The smallest absolute Gasteiger partial charge is 0.326 e. The molecule has 2 atom stereocenters. The van der Waals surface area contributed by atoms with Crippen LogP contribution in [-0.4, -0.2) is 70.1 Å². The number of hydrogen-bond donors (Lipinski definition) is 1. The van der Waals surface area contributed by atoms with Crippen LogP contribution in [0.3, 0.4) is 0 Å². The van der Waals surface area contributed by atoms with E-state index in [-0.39, 0.29) is 17.9 Å². The van der Waals surface area contributed by atoms with Crippen LogP contribution in [0.15, 0.2) is 18.5 Å². The van der Waals surface area contributed by atoms with Gasteiger partial charge in [-0.1, -0.05) is 19.8 Å². The van der Waals surface area contributed by atoms with E-state index in [9.17, 15) is 9.59 Å². The molecule has 0 radical (unpaired) electrons. The highest BCUT2D eigenvalue weighted by Crippen LogP contribution is 2.38. The van der Waals surface area contributed by atoms with Gasteiger partial charge in [0.05, 0.1) is 6.67 Å². The number of anilines is 1. The Kier molecular flexibility index (Phi) is 4.52. The zero-order chi connectivity index (χ0) is 18.1. The van der Waals surface area contributed by atoms with E-state index in [1.165, 1.54) is 4.90 Å². The van der Waals surface area contributed by atoms with E-state index in [1.54, 1.807) is 18.5 Å². The molecule has 140 valence electrons. The van der Waals surface area contributed by atoms with E-state index in [2.05, 4.69) is 32.0 Å². The van der Waals surface area contributed by atoms with Crippen molar-refractivity contribution in [2.24, 2.45) is 5.92 Å². The molecule has 26 heavy (non-hydrogen) atoms. The molecule has 8 nitrogen and oxygen atoms in total. The fourth-order valence-corrected chi connectivity index (χ4v) is 4.37. The zero-order valence-electron chi connectivity index (χ0n) is 15.2. The van der Waals surface area contributed by atoms with Gasteiger partial charge in [0.25, 0.3) is 5.91 Å². The van der Waals surface area contributed by atoms with Crippen molar-refractivity contribution in [2.75, 3.05) is 37.7 Å². The van der Waals surface area contributed by atoms with Gasteiger partial charge in [-0.2, -0.15) is 0 Å². The molecule has 1 aliphatic carbocycles. The lowest BCUT2D eigenvalue weighted by Crippen LogP contribution is -2.55. The van der Waals surface area contributed by atoms with Gasteiger partial charge in [-0.15, -0.1) is 0 Å². The third-order valence-corrected chi connectivity index (χ3v) is 6.05. The van der Waals surface area contributed by atoms with Crippen molar-refractivity contribution in [3.05, 3.63) is 18.5 Å². The molecule has 3 fully saturated rings. The summed E-state index contributed by atoms with van der Waals surface area (Å²) >= 11 is 0. The second-order valence-corrected chi connectivity index (χ2v) is 7.58.